The summed E-state index contributed by atoms with van der Waals surface area (Å²) in [6.45, 7) is -3.35. The first-order chi connectivity index (χ1) is 19.0. The lowest BCUT2D eigenvalue weighted by molar-refractivity contribution is -0.138. The first kappa shape index (κ1) is 29.0. The third kappa shape index (κ3) is 7.13. The zero-order chi connectivity index (χ0) is 28.9. The smallest absolute Gasteiger partial charge is 0.267 e. The second-order valence-corrected chi connectivity index (χ2v) is 9.20. The molecule has 1 fully saturated rings. The number of nitrogens with zero attached hydrogens (tertiary/aromatic N) is 5. The maximum atomic E-state index is 13.4. The Hall–Kier alpha value is -4.03. The molecule has 0 amide bonds. The molecule has 13 heteroatoms. The van der Waals surface area contributed by atoms with Crippen LogP contribution in [0.5, 0.6) is 0 Å². The van der Waals surface area contributed by atoms with E-state index in [9.17, 15) is 35.5 Å². The van der Waals surface area contributed by atoms with Crippen LogP contribution in [0.4, 0.5) is 30.7 Å². The molecule has 212 valence electrons. The summed E-state index contributed by atoms with van der Waals surface area (Å²) < 4.78 is 91.4. The van der Waals surface area contributed by atoms with Crippen LogP contribution in [0, 0.1) is 11.6 Å². The van der Waals surface area contributed by atoms with E-state index in [2.05, 4.69) is 15.2 Å². The summed E-state index contributed by atoms with van der Waals surface area (Å²) in [5.41, 5.74) is -0.937. The van der Waals surface area contributed by atoms with Crippen molar-refractivity contribution in [1.29, 1.82) is 0 Å². The van der Waals surface area contributed by atoms with Crippen LogP contribution in [-0.2, 0) is 12.7 Å². The zero-order valence-electron chi connectivity index (χ0n) is 21.0. The highest BCUT2D eigenvalue weighted by Gasteiger charge is 2.34. The molecule has 40 heavy (non-hydrogen) atoms. The van der Waals surface area contributed by atoms with Crippen molar-refractivity contribution in [3.8, 4) is 11.3 Å². The molecule has 0 aliphatic heterocycles. The van der Waals surface area contributed by atoms with E-state index in [0.29, 0.717) is 10.2 Å². The van der Waals surface area contributed by atoms with Gasteiger partial charge in [-0.15, -0.1) is 0 Å². The Morgan fingerprint density at radius 1 is 0.975 bits per heavy atom. The molecule has 4 aromatic rings. The molecule has 3 heterocycles. The van der Waals surface area contributed by atoms with Gasteiger partial charge in [0.05, 0.1) is 29.7 Å². The summed E-state index contributed by atoms with van der Waals surface area (Å²) >= 11 is 0. The molecule has 3 aromatic heterocycles. The number of halogens is 7. The second kappa shape index (κ2) is 12.4. The van der Waals surface area contributed by atoms with Gasteiger partial charge in [-0.05, 0) is 49.1 Å². The number of hydrogen-bond donors (Lipinski definition) is 0. The van der Waals surface area contributed by atoms with E-state index >= 15 is 0 Å². The topological polar surface area (TPSA) is 65.6 Å². The molecule has 0 bridgehead atoms. The fourth-order valence-corrected chi connectivity index (χ4v) is 4.52. The molecular formula is C27H24F7N5O. The fourth-order valence-electron chi connectivity index (χ4n) is 4.52. The average Bonchev–Trinajstić information content (AvgIpc) is 3.41. The van der Waals surface area contributed by atoms with Gasteiger partial charge in [-0.25, -0.2) is 18.1 Å². The monoisotopic (exact) mass is 567 g/mol. The molecule has 1 aromatic carbocycles. The lowest BCUT2D eigenvalue weighted by atomic mass is 9.84. The van der Waals surface area contributed by atoms with Gasteiger partial charge in [0.2, 0.25) is 0 Å². The predicted octanol–water partition coefficient (Wildman–Crippen LogP) is 6.98. The summed E-state index contributed by atoms with van der Waals surface area (Å²) in [5, 5.41) is 7.78. The highest BCUT2D eigenvalue weighted by molar-refractivity contribution is 5.57. The molecule has 0 saturated heterocycles. The average molecular weight is 568 g/mol. The minimum absolute atomic E-state index is 0.0692. The highest BCUT2D eigenvalue weighted by Crippen LogP contribution is 2.33. The maximum absolute atomic E-state index is 13.4. The van der Waals surface area contributed by atoms with Crippen LogP contribution >= 0.6 is 0 Å². The van der Waals surface area contributed by atoms with Gasteiger partial charge in [-0.1, -0.05) is 25.3 Å². The Morgan fingerprint density at radius 2 is 1.68 bits per heavy atom. The van der Waals surface area contributed by atoms with E-state index in [4.69, 9.17) is 0 Å². The molecule has 0 atom stereocenters. The third-order valence-electron chi connectivity index (χ3n) is 6.43. The Morgan fingerprint density at radius 3 is 2.25 bits per heavy atom. The highest BCUT2D eigenvalue weighted by atomic mass is 19.4. The number of benzene rings is 1. The third-order valence-corrected chi connectivity index (χ3v) is 6.43. The van der Waals surface area contributed by atoms with E-state index in [1.807, 2.05) is 0 Å². The zero-order valence-corrected chi connectivity index (χ0v) is 21.0. The molecule has 1 aliphatic carbocycles. The number of hydrogen-bond acceptors (Lipinski definition) is 4. The molecule has 1 aliphatic rings. The lowest BCUT2D eigenvalue weighted by Crippen LogP contribution is -2.30. The molecule has 0 N–H and O–H groups in total. The molecule has 5 rings (SSSR count). The van der Waals surface area contributed by atoms with Gasteiger partial charge in [0.15, 0.2) is 0 Å². The summed E-state index contributed by atoms with van der Waals surface area (Å²) in [7, 11) is 0. The van der Waals surface area contributed by atoms with Gasteiger partial charge in [-0.2, -0.15) is 32.1 Å². The number of pyridine rings is 1. The Labute approximate surface area is 224 Å². The minimum atomic E-state index is -4.64. The van der Waals surface area contributed by atoms with Crippen LogP contribution < -0.4 is 5.56 Å². The van der Waals surface area contributed by atoms with Gasteiger partial charge in [0.25, 0.3) is 5.56 Å². The normalized spacial score (nSPS) is 14.2. The van der Waals surface area contributed by atoms with Gasteiger partial charge in [-0.3, -0.25) is 9.78 Å². The summed E-state index contributed by atoms with van der Waals surface area (Å²) in [6, 6.07) is 8.17. The second-order valence-electron chi connectivity index (χ2n) is 9.20. The Balaban J connectivity index is 0.000000398. The van der Waals surface area contributed by atoms with Crippen molar-refractivity contribution in [2.45, 2.75) is 57.3 Å². The standard InChI is InChI=1S/C21H20F5N5O.C6H4F2/c22-20(23)31-11-14(10-28-31)17-9-15(13-5-2-1-3-6-13)19(32)30(29-17)12-18-16(21(24,25)26)7-4-8-27-18;7-5-2-1-3-6(8)4-5/h4,7-11,13,20H,1-3,5-6,12H2;1-4H. The van der Waals surface area contributed by atoms with Gasteiger partial charge < -0.3 is 0 Å². The van der Waals surface area contributed by atoms with E-state index in [-0.39, 0.29) is 22.9 Å². The van der Waals surface area contributed by atoms with Crippen molar-refractivity contribution in [3.63, 3.8) is 0 Å². The van der Waals surface area contributed by atoms with Crippen LogP contribution in [0.1, 0.15) is 61.4 Å². The fraction of sp³-hybridized carbons (Fsp3) is 0.333. The molecule has 0 spiro atoms. The largest absolute Gasteiger partial charge is 0.418 e. The maximum Gasteiger partial charge on any atom is 0.418 e. The van der Waals surface area contributed by atoms with Crippen molar-refractivity contribution in [1.82, 2.24) is 24.5 Å². The summed E-state index contributed by atoms with van der Waals surface area (Å²) in [6.07, 6.45) is 3.31. The van der Waals surface area contributed by atoms with Crippen molar-refractivity contribution >= 4 is 0 Å². The van der Waals surface area contributed by atoms with E-state index in [0.717, 1.165) is 55.1 Å². The van der Waals surface area contributed by atoms with E-state index in [1.54, 1.807) is 6.07 Å². The van der Waals surface area contributed by atoms with Crippen molar-refractivity contribution in [2.24, 2.45) is 0 Å². The molecule has 0 radical (unpaired) electrons. The van der Waals surface area contributed by atoms with Gasteiger partial charge >= 0.3 is 12.7 Å². The van der Waals surface area contributed by atoms with Crippen molar-refractivity contribution in [2.75, 3.05) is 0 Å². The molecular weight excluding hydrogens is 543 g/mol. The number of rotatable bonds is 5. The summed E-state index contributed by atoms with van der Waals surface area (Å²) in [4.78, 5) is 17.0. The molecule has 6 nitrogen and oxygen atoms in total. The quantitative estimate of drug-likeness (QED) is 0.244. The minimum Gasteiger partial charge on any atom is -0.267 e. The van der Waals surface area contributed by atoms with Gasteiger partial charge in [0, 0.05) is 29.6 Å². The van der Waals surface area contributed by atoms with Gasteiger partial charge in [0.1, 0.15) is 11.6 Å². The first-order valence-corrected chi connectivity index (χ1v) is 12.4. The van der Waals surface area contributed by atoms with Crippen LogP contribution in [0.3, 0.4) is 0 Å². The Kier molecular flexibility index (Phi) is 9.00. The first-order valence-electron chi connectivity index (χ1n) is 12.4. The summed E-state index contributed by atoms with van der Waals surface area (Å²) in [5.74, 6) is -1.14. The van der Waals surface area contributed by atoms with Crippen molar-refractivity contribution < 1.29 is 30.7 Å². The lowest BCUT2D eigenvalue weighted by Gasteiger charge is -2.22. The van der Waals surface area contributed by atoms with E-state index in [1.165, 1.54) is 36.7 Å². The van der Waals surface area contributed by atoms with Crippen LogP contribution in [0.2, 0.25) is 0 Å². The Bertz CT molecular complexity index is 1480. The number of aromatic nitrogens is 5. The SMILES string of the molecule is Fc1cccc(F)c1.O=c1c(C2CCCCC2)cc(-c2cnn(C(F)F)c2)nn1Cc1ncccc1C(F)(F)F. The van der Waals surface area contributed by atoms with Crippen LogP contribution in [-0.4, -0.2) is 24.5 Å². The molecule has 1 saturated carbocycles. The molecule has 0 unspecified atom stereocenters. The van der Waals surface area contributed by atoms with E-state index < -0.39 is 42.0 Å². The predicted molar refractivity (Wildman–Crippen MR) is 131 cm³/mol. The van der Waals surface area contributed by atoms with Crippen LogP contribution in [0.15, 0.2) is 65.8 Å². The number of alkyl halides is 5. The van der Waals surface area contributed by atoms with Crippen molar-refractivity contribution in [3.05, 3.63) is 99.9 Å². The van der Waals surface area contributed by atoms with Crippen LogP contribution in [0.25, 0.3) is 11.3 Å².